The van der Waals surface area contributed by atoms with E-state index in [0.29, 0.717) is 25.7 Å². The lowest BCUT2D eigenvalue weighted by molar-refractivity contribution is 0.297. The van der Waals surface area contributed by atoms with Crippen LogP contribution in [-0.4, -0.2) is 19.3 Å². The van der Waals surface area contributed by atoms with E-state index in [1.165, 1.54) is 0 Å². The van der Waals surface area contributed by atoms with E-state index in [4.69, 9.17) is 9.47 Å². The highest BCUT2D eigenvalue weighted by Gasteiger charge is 2.16. The van der Waals surface area contributed by atoms with Crippen LogP contribution >= 0.6 is 0 Å². The highest BCUT2D eigenvalue weighted by atomic mass is 16.5. The highest BCUT2D eigenvalue weighted by molar-refractivity contribution is 5.49. The Bertz CT molecular complexity index is 476. The lowest BCUT2D eigenvalue weighted by Crippen LogP contribution is -1.99. The van der Waals surface area contributed by atoms with Gasteiger partial charge in [-0.05, 0) is 29.2 Å². The zero-order valence-electron chi connectivity index (χ0n) is 10.7. The molecular formula is C14H17NO3. The first-order chi connectivity index (χ1) is 8.72. The van der Waals surface area contributed by atoms with Crippen LogP contribution in [-0.2, 0) is 11.3 Å². The van der Waals surface area contributed by atoms with E-state index in [1.54, 1.807) is 6.08 Å². The molecule has 1 aromatic carbocycles. The summed E-state index contributed by atoms with van der Waals surface area (Å²) in [5.74, 6) is 1.88. The molecule has 0 saturated heterocycles. The van der Waals surface area contributed by atoms with Gasteiger partial charge in [0, 0.05) is 6.42 Å². The summed E-state index contributed by atoms with van der Waals surface area (Å²) in [5, 5.41) is 0. The maximum atomic E-state index is 10.3. The van der Waals surface area contributed by atoms with Crippen LogP contribution in [0.2, 0.25) is 0 Å². The second-order valence-corrected chi connectivity index (χ2v) is 4.61. The van der Waals surface area contributed by atoms with Gasteiger partial charge in [0.25, 0.3) is 0 Å². The minimum Gasteiger partial charge on any atom is -0.490 e. The average Bonchev–Trinajstić information content (AvgIpc) is 2.59. The molecule has 1 heterocycles. The molecule has 96 valence electrons. The number of rotatable bonds is 3. The van der Waals surface area contributed by atoms with E-state index in [9.17, 15) is 4.79 Å². The summed E-state index contributed by atoms with van der Waals surface area (Å²) >= 11 is 0. The summed E-state index contributed by atoms with van der Waals surface area (Å²) in [7, 11) is 0. The van der Waals surface area contributed by atoms with Crippen LogP contribution in [0.25, 0.3) is 0 Å². The maximum Gasteiger partial charge on any atom is 0.235 e. The second-order valence-electron chi connectivity index (χ2n) is 4.61. The van der Waals surface area contributed by atoms with Crippen LogP contribution in [0.3, 0.4) is 0 Å². The van der Waals surface area contributed by atoms with Crippen molar-refractivity contribution in [3.8, 4) is 11.5 Å². The molecule has 0 atom stereocenters. The molecule has 0 N–H and O–H groups in total. The average molecular weight is 247 g/mol. The summed E-state index contributed by atoms with van der Waals surface area (Å²) in [6, 6.07) is 3.93. The van der Waals surface area contributed by atoms with Crippen molar-refractivity contribution in [2.45, 2.75) is 32.7 Å². The van der Waals surface area contributed by atoms with Crippen molar-refractivity contribution in [3.63, 3.8) is 0 Å². The predicted molar refractivity (Wildman–Crippen MR) is 68.0 cm³/mol. The summed E-state index contributed by atoms with van der Waals surface area (Å²) in [6.07, 6.45) is 2.46. The SMILES string of the molecule is CC(C)c1cc2c(cc1CN=C=O)OCCCO2. The molecular weight excluding hydrogens is 230 g/mol. The molecule has 0 aliphatic carbocycles. The van der Waals surface area contributed by atoms with Crippen molar-refractivity contribution in [1.29, 1.82) is 0 Å². The third kappa shape index (κ3) is 2.71. The van der Waals surface area contributed by atoms with E-state index >= 15 is 0 Å². The fourth-order valence-electron chi connectivity index (χ4n) is 2.06. The Morgan fingerprint density at radius 1 is 1.28 bits per heavy atom. The topological polar surface area (TPSA) is 47.9 Å². The first kappa shape index (κ1) is 12.7. The van der Waals surface area contributed by atoms with Gasteiger partial charge in [0.1, 0.15) is 0 Å². The molecule has 0 bridgehead atoms. The molecule has 4 nitrogen and oxygen atoms in total. The summed E-state index contributed by atoms with van der Waals surface area (Å²) in [6.45, 7) is 5.88. The monoisotopic (exact) mass is 247 g/mol. The molecule has 0 aromatic heterocycles. The third-order valence-corrected chi connectivity index (χ3v) is 2.95. The zero-order valence-corrected chi connectivity index (χ0v) is 10.7. The molecule has 0 amide bonds. The van der Waals surface area contributed by atoms with Crippen LogP contribution in [0.4, 0.5) is 0 Å². The largest absolute Gasteiger partial charge is 0.490 e. The van der Waals surface area contributed by atoms with Gasteiger partial charge in [-0.3, -0.25) is 0 Å². The lowest BCUT2D eigenvalue weighted by Gasteiger charge is -2.15. The number of benzene rings is 1. The normalized spacial score (nSPS) is 13.9. The number of hydrogen-bond donors (Lipinski definition) is 0. The van der Waals surface area contributed by atoms with Gasteiger partial charge in [0.05, 0.1) is 19.8 Å². The third-order valence-electron chi connectivity index (χ3n) is 2.95. The van der Waals surface area contributed by atoms with Gasteiger partial charge in [-0.1, -0.05) is 13.8 Å². The van der Waals surface area contributed by atoms with Crippen molar-refractivity contribution >= 4 is 6.08 Å². The van der Waals surface area contributed by atoms with Crippen LogP contribution in [0, 0.1) is 0 Å². The zero-order chi connectivity index (χ0) is 13.0. The number of aliphatic imine (C=N–C) groups is 1. The van der Waals surface area contributed by atoms with Gasteiger partial charge in [-0.25, -0.2) is 9.79 Å². The smallest absolute Gasteiger partial charge is 0.235 e. The minimum atomic E-state index is 0.341. The maximum absolute atomic E-state index is 10.3. The number of isocyanates is 1. The first-order valence-electron chi connectivity index (χ1n) is 6.18. The van der Waals surface area contributed by atoms with Crippen molar-refractivity contribution in [1.82, 2.24) is 0 Å². The summed E-state index contributed by atoms with van der Waals surface area (Å²) in [4.78, 5) is 13.9. The standard InChI is InChI=1S/C14H17NO3/c1-10(2)12-7-14-13(17-4-3-5-18-14)6-11(12)8-15-9-16/h6-7,10H,3-5,8H2,1-2H3. The highest BCUT2D eigenvalue weighted by Crippen LogP contribution is 2.35. The fourth-order valence-corrected chi connectivity index (χ4v) is 2.06. The van der Waals surface area contributed by atoms with E-state index in [1.807, 2.05) is 12.1 Å². The molecule has 4 heteroatoms. The number of fused-ring (bicyclic) bond motifs is 1. The Morgan fingerprint density at radius 2 is 1.94 bits per heavy atom. The van der Waals surface area contributed by atoms with Gasteiger partial charge >= 0.3 is 0 Å². The molecule has 0 unspecified atom stereocenters. The Hall–Kier alpha value is -1.80. The molecule has 1 aromatic rings. The van der Waals surface area contributed by atoms with E-state index < -0.39 is 0 Å². The van der Waals surface area contributed by atoms with Gasteiger partial charge in [0.2, 0.25) is 6.08 Å². The van der Waals surface area contributed by atoms with Crippen LogP contribution in [0.1, 0.15) is 37.3 Å². The predicted octanol–water partition coefficient (Wildman–Crippen LogP) is 2.81. The number of carbonyl (C=O) groups excluding carboxylic acids is 1. The van der Waals surface area contributed by atoms with Crippen molar-refractivity contribution in [2.75, 3.05) is 13.2 Å². The van der Waals surface area contributed by atoms with Crippen molar-refractivity contribution in [2.24, 2.45) is 4.99 Å². The molecule has 0 radical (unpaired) electrons. The molecule has 1 aliphatic rings. The van der Waals surface area contributed by atoms with Gasteiger partial charge in [0.15, 0.2) is 11.5 Å². The Labute approximate surface area is 107 Å². The molecule has 2 rings (SSSR count). The summed E-state index contributed by atoms with van der Waals surface area (Å²) < 4.78 is 11.3. The van der Waals surface area contributed by atoms with Crippen LogP contribution < -0.4 is 9.47 Å². The molecule has 18 heavy (non-hydrogen) atoms. The minimum absolute atomic E-state index is 0.341. The fraction of sp³-hybridized carbons (Fsp3) is 0.500. The van der Waals surface area contributed by atoms with Crippen molar-refractivity contribution < 1.29 is 14.3 Å². The molecule has 1 aliphatic heterocycles. The molecule has 0 spiro atoms. The van der Waals surface area contributed by atoms with Gasteiger partial charge < -0.3 is 9.47 Å². The molecule has 0 saturated carbocycles. The Kier molecular flexibility index (Phi) is 4.00. The Balaban J connectivity index is 2.43. The van der Waals surface area contributed by atoms with Gasteiger partial charge in [-0.2, -0.15) is 0 Å². The molecule has 0 fully saturated rings. The first-order valence-corrected chi connectivity index (χ1v) is 6.18. The van der Waals surface area contributed by atoms with E-state index in [0.717, 1.165) is 29.0 Å². The van der Waals surface area contributed by atoms with Crippen LogP contribution in [0.5, 0.6) is 11.5 Å². The second kappa shape index (κ2) is 5.69. The Morgan fingerprint density at radius 3 is 2.56 bits per heavy atom. The number of ether oxygens (including phenoxy) is 2. The van der Waals surface area contributed by atoms with Gasteiger partial charge in [-0.15, -0.1) is 0 Å². The van der Waals surface area contributed by atoms with E-state index in [2.05, 4.69) is 18.8 Å². The quantitative estimate of drug-likeness (QED) is 0.609. The number of hydrogen-bond acceptors (Lipinski definition) is 4. The lowest BCUT2D eigenvalue weighted by atomic mass is 9.96. The van der Waals surface area contributed by atoms with Crippen molar-refractivity contribution in [3.05, 3.63) is 23.3 Å². The number of nitrogens with zero attached hydrogens (tertiary/aromatic N) is 1. The van der Waals surface area contributed by atoms with Crippen LogP contribution in [0.15, 0.2) is 17.1 Å². The summed E-state index contributed by atoms with van der Waals surface area (Å²) in [5.41, 5.74) is 2.14. The van der Waals surface area contributed by atoms with E-state index in [-0.39, 0.29) is 0 Å².